The fourth-order valence-corrected chi connectivity index (χ4v) is 7.69. The van der Waals surface area contributed by atoms with E-state index in [9.17, 15) is 9.59 Å². The van der Waals surface area contributed by atoms with Crippen molar-refractivity contribution in [2.45, 2.75) is 49.3 Å². The Morgan fingerprint density at radius 2 is 1.85 bits per heavy atom. The van der Waals surface area contributed by atoms with Crippen molar-refractivity contribution in [1.82, 2.24) is 0 Å². The molecule has 1 N–H and O–H groups in total. The summed E-state index contributed by atoms with van der Waals surface area (Å²) in [7, 11) is 0. The number of hydrogen-bond acceptors (Lipinski definition) is 3. The number of rotatable bonds is 5. The third-order valence-electron chi connectivity index (χ3n) is 6.14. The minimum absolute atomic E-state index is 0.0730. The van der Waals surface area contributed by atoms with Crippen LogP contribution in [0.15, 0.2) is 28.7 Å². The van der Waals surface area contributed by atoms with E-state index in [1.54, 1.807) is 6.07 Å². The van der Waals surface area contributed by atoms with Crippen molar-refractivity contribution in [3.8, 4) is 0 Å². The Morgan fingerprint density at radius 1 is 1.15 bits per heavy atom. The monoisotopic (exact) mass is 483 g/mol. The van der Waals surface area contributed by atoms with Crippen LogP contribution in [-0.2, 0) is 14.3 Å². The number of amides is 1. The van der Waals surface area contributed by atoms with E-state index in [1.165, 1.54) is 19.3 Å². The van der Waals surface area contributed by atoms with E-state index in [-0.39, 0.29) is 28.2 Å². The average molecular weight is 485 g/mol. The normalized spacial score (nSPS) is 34.5. The first-order valence-corrected chi connectivity index (χ1v) is 10.8. The summed E-state index contributed by atoms with van der Waals surface area (Å²) in [5.41, 5.74) is 0.750. The molecule has 26 heavy (non-hydrogen) atoms. The van der Waals surface area contributed by atoms with Crippen LogP contribution >= 0.6 is 31.9 Å². The van der Waals surface area contributed by atoms with E-state index in [2.05, 4.69) is 37.2 Å². The number of alkyl halides is 1. The van der Waals surface area contributed by atoms with Gasteiger partial charge in [-0.3, -0.25) is 9.59 Å². The Kier molecular flexibility index (Phi) is 4.93. The Balaban J connectivity index is 1.31. The minimum atomic E-state index is -0.312. The van der Waals surface area contributed by atoms with Crippen molar-refractivity contribution >= 4 is 49.4 Å². The zero-order chi connectivity index (χ0) is 18.4. The van der Waals surface area contributed by atoms with Gasteiger partial charge in [-0.2, -0.15) is 0 Å². The minimum Gasteiger partial charge on any atom is -0.456 e. The van der Waals surface area contributed by atoms with Crippen LogP contribution in [0.5, 0.6) is 0 Å². The Bertz CT molecular complexity index is 722. The maximum Gasteiger partial charge on any atom is 0.306 e. The second-order valence-corrected chi connectivity index (χ2v) is 11.0. The van der Waals surface area contributed by atoms with Crippen molar-refractivity contribution in [3.63, 3.8) is 0 Å². The lowest BCUT2D eigenvalue weighted by molar-refractivity contribution is -0.153. The van der Waals surface area contributed by atoms with E-state index < -0.39 is 0 Å². The van der Waals surface area contributed by atoms with Gasteiger partial charge in [0.2, 0.25) is 0 Å². The summed E-state index contributed by atoms with van der Waals surface area (Å²) >= 11 is 7.35. The molecule has 1 amide bonds. The predicted molar refractivity (Wildman–Crippen MR) is 107 cm³/mol. The van der Waals surface area contributed by atoms with Crippen LogP contribution in [-0.4, -0.2) is 22.8 Å². The molecule has 0 heterocycles. The zero-order valence-corrected chi connectivity index (χ0v) is 17.8. The number of para-hydroxylation sites is 1. The molecule has 4 bridgehead atoms. The van der Waals surface area contributed by atoms with Crippen molar-refractivity contribution in [3.05, 3.63) is 28.7 Å². The van der Waals surface area contributed by atoms with Gasteiger partial charge in [0.25, 0.3) is 5.91 Å². The number of anilines is 1. The third-order valence-corrected chi connectivity index (χ3v) is 7.76. The van der Waals surface area contributed by atoms with Crippen LogP contribution in [0.4, 0.5) is 5.69 Å². The van der Waals surface area contributed by atoms with Gasteiger partial charge in [0, 0.05) is 8.80 Å². The standard InChI is InChI=1S/C20H23Br2NO3/c21-15-3-1-2-4-16(15)23-17(24)11-26-18(25)10-19-6-13-5-14(7-19)9-20(22,8-13)12-19/h1-4,13-14H,5-12H2,(H,23,24). The van der Waals surface area contributed by atoms with Crippen molar-refractivity contribution < 1.29 is 14.3 Å². The Labute approximate surface area is 170 Å². The van der Waals surface area contributed by atoms with Crippen LogP contribution in [0.25, 0.3) is 0 Å². The van der Waals surface area contributed by atoms with Crippen molar-refractivity contribution in [2.24, 2.45) is 17.3 Å². The predicted octanol–water partition coefficient (Wildman–Crippen LogP) is 5.05. The summed E-state index contributed by atoms with van der Waals surface area (Å²) in [5.74, 6) is 0.919. The van der Waals surface area contributed by atoms with Gasteiger partial charge in [0.15, 0.2) is 6.61 Å². The number of halogens is 2. The number of benzene rings is 1. The van der Waals surface area contributed by atoms with Gasteiger partial charge < -0.3 is 10.1 Å². The molecule has 1 aromatic rings. The van der Waals surface area contributed by atoms with Gasteiger partial charge >= 0.3 is 5.97 Å². The fourth-order valence-electron chi connectivity index (χ4n) is 5.79. The Morgan fingerprint density at radius 3 is 2.50 bits per heavy atom. The highest BCUT2D eigenvalue weighted by Gasteiger charge is 2.57. The number of hydrogen-bond donors (Lipinski definition) is 1. The first-order chi connectivity index (χ1) is 12.3. The van der Waals surface area contributed by atoms with Gasteiger partial charge in [0.1, 0.15) is 0 Å². The van der Waals surface area contributed by atoms with Gasteiger partial charge in [-0.05, 0) is 83.8 Å². The molecule has 2 atom stereocenters. The summed E-state index contributed by atoms with van der Waals surface area (Å²) in [6.45, 7) is -0.234. The number of carbonyl (C=O) groups excluding carboxylic acids is 2. The van der Waals surface area contributed by atoms with E-state index in [0.29, 0.717) is 12.1 Å². The number of esters is 1. The summed E-state index contributed by atoms with van der Waals surface area (Å²) in [5, 5.41) is 2.76. The molecule has 4 fully saturated rings. The molecule has 0 aliphatic heterocycles. The fraction of sp³-hybridized carbons (Fsp3) is 0.600. The summed E-state index contributed by atoms with van der Waals surface area (Å²) in [6, 6.07) is 7.37. The highest BCUT2D eigenvalue weighted by Crippen LogP contribution is 2.65. The van der Waals surface area contributed by atoms with Crippen LogP contribution in [0, 0.1) is 17.3 Å². The molecule has 0 saturated heterocycles. The summed E-state index contributed by atoms with van der Waals surface area (Å²) in [6.07, 6.45) is 7.58. The molecule has 1 aromatic carbocycles. The van der Waals surface area contributed by atoms with Crippen LogP contribution < -0.4 is 5.32 Å². The van der Waals surface area contributed by atoms with E-state index in [1.807, 2.05) is 18.2 Å². The maximum atomic E-state index is 12.4. The first kappa shape index (κ1) is 18.5. The van der Waals surface area contributed by atoms with Crippen LogP contribution in [0.3, 0.4) is 0 Å². The molecule has 0 spiro atoms. The van der Waals surface area contributed by atoms with Gasteiger partial charge in [-0.1, -0.05) is 28.1 Å². The summed E-state index contributed by atoms with van der Waals surface area (Å²) in [4.78, 5) is 24.5. The lowest BCUT2D eigenvalue weighted by Crippen LogP contribution is -2.53. The number of nitrogens with one attached hydrogen (secondary N) is 1. The largest absolute Gasteiger partial charge is 0.456 e. The molecule has 6 heteroatoms. The van der Waals surface area contributed by atoms with Gasteiger partial charge in [-0.15, -0.1) is 0 Å². The van der Waals surface area contributed by atoms with Crippen molar-refractivity contribution in [2.75, 3.05) is 11.9 Å². The number of carbonyl (C=O) groups is 2. The van der Waals surface area contributed by atoms with Gasteiger partial charge in [0.05, 0.1) is 12.1 Å². The Hall–Kier alpha value is -0.880. The molecule has 0 radical (unpaired) electrons. The molecule has 0 aromatic heterocycles. The molecule has 4 saturated carbocycles. The van der Waals surface area contributed by atoms with E-state index in [0.717, 1.165) is 35.6 Å². The van der Waals surface area contributed by atoms with Gasteiger partial charge in [-0.25, -0.2) is 0 Å². The molecule has 4 nitrogen and oxygen atoms in total. The third kappa shape index (κ3) is 3.86. The molecule has 140 valence electrons. The SMILES string of the molecule is O=C(COC(=O)CC12CC3CC(CC(Br)(C3)C1)C2)Nc1ccccc1Br. The topological polar surface area (TPSA) is 55.4 Å². The highest BCUT2D eigenvalue weighted by atomic mass is 79.9. The van der Waals surface area contributed by atoms with Crippen LogP contribution in [0.2, 0.25) is 0 Å². The molecule has 4 aliphatic rings. The first-order valence-electron chi connectivity index (χ1n) is 9.24. The van der Waals surface area contributed by atoms with E-state index >= 15 is 0 Å². The second-order valence-electron chi connectivity index (χ2n) is 8.48. The van der Waals surface area contributed by atoms with E-state index in [4.69, 9.17) is 4.74 Å². The number of ether oxygens (including phenoxy) is 1. The molecular formula is C20H23Br2NO3. The quantitative estimate of drug-likeness (QED) is 0.469. The second kappa shape index (κ2) is 6.93. The smallest absolute Gasteiger partial charge is 0.306 e. The maximum absolute atomic E-state index is 12.4. The van der Waals surface area contributed by atoms with Crippen molar-refractivity contribution in [1.29, 1.82) is 0 Å². The molecule has 5 rings (SSSR count). The zero-order valence-electron chi connectivity index (χ0n) is 14.6. The molecular weight excluding hydrogens is 462 g/mol. The average Bonchev–Trinajstić information content (AvgIpc) is 2.52. The molecule has 4 aliphatic carbocycles. The van der Waals surface area contributed by atoms with Crippen LogP contribution in [0.1, 0.15) is 44.9 Å². The summed E-state index contributed by atoms with van der Waals surface area (Å²) < 4.78 is 6.34. The molecule has 2 unspecified atom stereocenters. The lowest BCUT2D eigenvalue weighted by atomic mass is 9.49. The lowest BCUT2D eigenvalue weighted by Gasteiger charge is -2.60. The highest BCUT2D eigenvalue weighted by molar-refractivity contribution is 9.10.